The van der Waals surface area contributed by atoms with E-state index in [2.05, 4.69) is 19.2 Å². The van der Waals surface area contributed by atoms with Crippen LogP contribution in [0.1, 0.15) is 39.2 Å². The molecule has 4 nitrogen and oxygen atoms in total. The summed E-state index contributed by atoms with van der Waals surface area (Å²) in [5.41, 5.74) is 1.16. The van der Waals surface area contributed by atoms with E-state index in [1.54, 1.807) is 0 Å². The number of carbonyl (C=O) groups is 1. The van der Waals surface area contributed by atoms with E-state index < -0.39 is 0 Å². The zero-order chi connectivity index (χ0) is 16.7. The smallest absolute Gasteiger partial charge is 0.223 e. The van der Waals surface area contributed by atoms with Crippen LogP contribution in [0.3, 0.4) is 0 Å². The van der Waals surface area contributed by atoms with E-state index in [9.17, 15) is 4.79 Å². The Bertz CT molecular complexity index is 484. The minimum absolute atomic E-state index is 0.0593. The fraction of sp³-hybridized carbons (Fsp3) is 0.632. The molecule has 0 radical (unpaired) electrons. The maximum Gasteiger partial charge on any atom is 0.223 e. The third-order valence-electron chi connectivity index (χ3n) is 4.29. The van der Waals surface area contributed by atoms with Crippen LogP contribution >= 0.6 is 0 Å². The number of carbonyl (C=O) groups excluding carboxylic acids is 1. The lowest BCUT2D eigenvalue weighted by Crippen LogP contribution is -2.44. The molecule has 0 fully saturated rings. The maximum absolute atomic E-state index is 12.4. The number of nitrogens with one attached hydrogen (secondary N) is 1. The molecule has 0 aromatic heterocycles. The summed E-state index contributed by atoms with van der Waals surface area (Å²) in [7, 11) is 0. The van der Waals surface area contributed by atoms with Crippen molar-refractivity contribution in [2.75, 3.05) is 19.8 Å². The molecule has 2 bridgehead atoms. The Morgan fingerprint density at radius 2 is 1.83 bits per heavy atom. The number of benzene rings is 1. The summed E-state index contributed by atoms with van der Waals surface area (Å²) in [4.78, 5) is 12.4. The number of hydrogen-bond donors (Lipinski definition) is 1. The summed E-state index contributed by atoms with van der Waals surface area (Å²) in [5.74, 6) is 1.28. The second kappa shape index (κ2) is 8.92. The van der Waals surface area contributed by atoms with Crippen molar-refractivity contribution in [1.82, 2.24) is 5.32 Å². The van der Waals surface area contributed by atoms with Gasteiger partial charge in [0.25, 0.3) is 0 Å². The monoisotopic (exact) mass is 319 g/mol. The standard InChI is InChI=1S/C19H29NO3/c1-14(2)18-13-22-10-4-5-11-23-17-8-6-16(7-9-17)12-15(3)19(21)20-18/h6-9,14-15,18H,4-5,10-13H2,1-3H3,(H,20,21). The normalized spacial score (nSPS) is 24.3. The third-order valence-corrected chi connectivity index (χ3v) is 4.29. The van der Waals surface area contributed by atoms with Crippen molar-refractivity contribution in [2.24, 2.45) is 11.8 Å². The molecule has 23 heavy (non-hydrogen) atoms. The van der Waals surface area contributed by atoms with Crippen LogP contribution in [0.25, 0.3) is 0 Å². The molecular weight excluding hydrogens is 290 g/mol. The molecular formula is C19H29NO3. The highest BCUT2D eigenvalue weighted by Crippen LogP contribution is 2.16. The van der Waals surface area contributed by atoms with E-state index in [4.69, 9.17) is 9.47 Å². The molecule has 2 heterocycles. The van der Waals surface area contributed by atoms with E-state index in [-0.39, 0.29) is 17.9 Å². The number of hydrogen-bond acceptors (Lipinski definition) is 3. The lowest BCUT2D eigenvalue weighted by Gasteiger charge is -2.24. The highest BCUT2D eigenvalue weighted by molar-refractivity contribution is 5.78. The molecule has 3 rings (SSSR count). The Morgan fingerprint density at radius 1 is 1.13 bits per heavy atom. The fourth-order valence-corrected chi connectivity index (χ4v) is 2.60. The summed E-state index contributed by atoms with van der Waals surface area (Å²) < 4.78 is 11.5. The van der Waals surface area contributed by atoms with Gasteiger partial charge >= 0.3 is 0 Å². The van der Waals surface area contributed by atoms with E-state index in [1.807, 2.05) is 31.2 Å². The van der Waals surface area contributed by atoms with Crippen LogP contribution < -0.4 is 10.1 Å². The molecule has 1 aromatic rings. The predicted octanol–water partition coefficient (Wildman–Crippen LogP) is 3.20. The Kier molecular flexibility index (Phi) is 6.90. The average Bonchev–Trinajstić information content (AvgIpc) is 2.53. The van der Waals surface area contributed by atoms with Gasteiger partial charge in [-0.15, -0.1) is 0 Å². The van der Waals surface area contributed by atoms with Crippen molar-refractivity contribution in [1.29, 1.82) is 0 Å². The van der Waals surface area contributed by atoms with Gasteiger partial charge in [-0.2, -0.15) is 0 Å². The summed E-state index contributed by atoms with van der Waals surface area (Å²) >= 11 is 0. The number of rotatable bonds is 1. The highest BCUT2D eigenvalue weighted by Gasteiger charge is 2.20. The van der Waals surface area contributed by atoms with Crippen molar-refractivity contribution in [3.05, 3.63) is 29.8 Å². The van der Waals surface area contributed by atoms with Crippen LogP contribution in [0, 0.1) is 11.8 Å². The second-order valence-electron chi connectivity index (χ2n) is 6.74. The van der Waals surface area contributed by atoms with Gasteiger partial charge in [-0.3, -0.25) is 4.79 Å². The first kappa shape index (κ1) is 17.8. The van der Waals surface area contributed by atoms with E-state index in [0.717, 1.165) is 30.6 Å². The molecule has 128 valence electrons. The molecule has 0 saturated carbocycles. The zero-order valence-corrected chi connectivity index (χ0v) is 14.5. The van der Waals surface area contributed by atoms with Crippen LogP contribution in [-0.4, -0.2) is 31.8 Å². The van der Waals surface area contributed by atoms with Crippen molar-refractivity contribution in [3.8, 4) is 5.75 Å². The number of fused-ring (bicyclic) bond motifs is 13. The maximum atomic E-state index is 12.4. The van der Waals surface area contributed by atoms with Crippen molar-refractivity contribution < 1.29 is 14.3 Å². The van der Waals surface area contributed by atoms with Gasteiger partial charge in [-0.05, 0) is 42.9 Å². The SMILES string of the molecule is CC1Cc2ccc(cc2)OCCCCOCC(C(C)C)NC1=O. The van der Waals surface area contributed by atoms with Gasteiger partial charge in [0.05, 0.1) is 19.3 Å². The molecule has 1 amide bonds. The quantitative estimate of drug-likeness (QED) is 0.865. The van der Waals surface area contributed by atoms with Crippen molar-refractivity contribution in [3.63, 3.8) is 0 Å². The summed E-state index contributed by atoms with van der Waals surface area (Å²) in [5, 5.41) is 3.15. The van der Waals surface area contributed by atoms with Crippen LogP contribution in [0.15, 0.2) is 24.3 Å². The van der Waals surface area contributed by atoms with Gasteiger partial charge in [-0.25, -0.2) is 0 Å². The summed E-state index contributed by atoms with van der Waals surface area (Å²) in [6.07, 6.45) is 2.67. The van der Waals surface area contributed by atoms with E-state index in [0.29, 0.717) is 25.7 Å². The van der Waals surface area contributed by atoms with Crippen molar-refractivity contribution in [2.45, 2.75) is 46.1 Å². The molecule has 0 spiro atoms. The molecule has 0 saturated heterocycles. The average molecular weight is 319 g/mol. The van der Waals surface area contributed by atoms with E-state index >= 15 is 0 Å². The van der Waals surface area contributed by atoms with Gasteiger partial charge in [0.1, 0.15) is 5.75 Å². The van der Waals surface area contributed by atoms with Gasteiger partial charge in [0.15, 0.2) is 0 Å². The van der Waals surface area contributed by atoms with Crippen LogP contribution in [-0.2, 0) is 16.0 Å². The van der Waals surface area contributed by atoms with Gasteiger partial charge in [-0.1, -0.05) is 32.9 Å². The lowest BCUT2D eigenvalue weighted by atomic mass is 9.98. The Hall–Kier alpha value is -1.55. The minimum atomic E-state index is -0.0593. The Labute approximate surface area is 139 Å². The van der Waals surface area contributed by atoms with Crippen LogP contribution in [0.2, 0.25) is 0 Å². The van der Waals surface area contributed by atoms with Crippen molar-refractivity contribution >= 4 is 5.91 Å². The van der Waals surface area contributed by atoms with Gasteiger partial charge < -0.3 is 14.8 Å². The Morgan fingerprint density at radius 3 is 2.52 bits per heavy atom. The molecule has 1 aromatic carbocycles. The molecule has 0 aliphatic carbocycles. The number of amides is 1. The fourth-order valence-electron chi connectivity index (χ4n) is 2.60. The summed E-state index contributed by atoms with van der Waals surface area (Å²) in [6.45, 7) is 8.19. The first-order chi connectivity index (χ1) is 11.1. The topological polar surface area (TPSA) is 47.6 Å². The minimum Gasteiger partial charge on any atom is -0.494 e. The third kappa shape index (κ3) is 5.87. The Balaban J connectivity index is 2.06. The van der Waals surface area contributed by atoms with Gasteiger partial charge in [0.2, 0.25) is 5.91 Å². The largest absolute Gasteiger partial charge is 0.494 e. The second-order valence-corrected chi connectivity index (χ2v) is 6.74. The first-order valence-corrected chi connectivity index (χ1v) is 8.66. The first-order valence-electron chi connectivity index (χ1n) is 8.66. The molecule has 2 unspecified atom stereocenters. The van der Waals surface area contributed by atoms with Gasteiger partial charge in [0, 0.05) is 12.5 Å². The number of ether oxygens (including phenoxy) is 2. The summed E-state index contributed by atoms with van der Waals surface area (Å²) in [6, 6.07) is 8.14. The van der Waals surface area contributed by atoms with Crippen LogP contribution in [0.4, 0.5) is 0 Å². The molecule has 2 atom stereocenters. The molecule has 4 heteroatoms. The lowest BCUT2D eigenvalue weighted by molar-refractivity contribution is -0.126. The molecule has 2 aliphatic heterocycles. The van der Waals surface area contributed by atoms with E-state index in [1.165, 1.54) is 0 Å². The molecule has 2 aliphatic rings. The zero-order valence-electron chi connectivity index (χ0n) is 14.5. The van der Waals surface area contributed by atoms with Crippen LogP contribution in [0.5, 0.6) is 5.75 Å². The highest BCUT2D eigenvalue weighted by atomic mass is 16.5. The molecule has 1 N–H and O–H groups in total. The predicted molar refractivity (Wildman–Crippen MR) is 91.6 cm³/mol.